The number of rotatable bonds is 3. The van der Waals surface area contributed by atoms with Crippen LogP contribution in [0.2, 0.25) is 0 Å². The zero-order valence-corrected chi connectivity index (χ0v) is 9.21. The number of amides is 1. The SMILES string of the molecule is CSC(C)C(=O)N1CCC(C(=O)O)C1. The predicted octanol–water partition coefficient (Wildman–Crippen LogP) is 0.671. The van der Waals surface area contributed by atoms with Gasteiger partial charge in [0.15, 0.2) is 0 Å². The van der Waals surface area contributed by atoms with Gasteiger partial charge in [0.2, 0.25) is 5.91 Å². The van der Waals surface area contributed by atoms with Gasteiger partial charge >= 0.3 is 5.97 Å². The van der Waals surface area contributed by atoms with E-state index in [9.17, 15) is 9.59 Å². The van der Waals surface area contributed by atoms with Gasteiger partial charge in [0, 0.05) is 13.1 Å². The summed E-state index contributed by atoms with van der Waals surface area (Å²) in [7, 11) is 0. The quantitative estimate of drug-likeness (QED) is 0.755. The third-order valence-corrected chi connectivity index (χ3v) is 3.46. The average Bonchev–Trinajstić information content (AvgIpc) is 2.64. The second-order valence-electron chi connectivity index (χ2n) is 3.49. The zero-order valence-electron chi connectivity index (χ0n) is 8.40. The molecule has 2 atom stereocenters. The molecule has 0 aromatic rings. The molecule has 0 spiro atoms. The lowest BCUT2D eigenvalue weighted by atomic mass is 10.1. The molecule has 4 nitrogen and oxygen atoms in total. The summed E-state index contributed by atoms with van der Waals surface area (Å²) in [5.41, 5.74) is 0. The van der Waals surface area contributed by atoms with Gasteiger partial charge in [-0.15, -0.1) is 0 Å². The summed E-state index contributed by atoms with van der Waals surface area (Å²) in [5.74, 6) is -1.11. The Morgan fingerprint density at radius 3 is 2.64 bits per heavy atom. The molecular weight excluding hydrogens is 202 g/mol. The molecule has 5 heteroatoms. The highest BCUT2D eigenvalue weighted by Crippen LogP contribution is 2.19. The summed E-state index contributed by atoms with van der Waals surface area (Å²) in [4.78, 5) is 24.0. The monoisotopic (exact) mass is 217 g/mol. The summed E-state index contributed by atoms with van der Waals surface area (Å²) in [6.07, 6.45) is 2.47. The molecule has 1 saturated heterocycles. The molecule has 1 heterocycles. The first kappa shape index (κ1) is 11.4. The molecular formula is C9H15NO3S. The highest BCUT2D eigenvalue weighted by molar-refractivity contribution is 7.99. The Labute approximate surface area is 87.7 Å². The van der Waals surface area contributed by atoms with Gasteiger partial charge in [0.1, 0.15) is 0 Å². The fourth-order valence-electron chi connectivity index (χ4n) is 1.52. The van der Waals surface area contributed by atoms with E-state index in [2.05, 4.69) is 0 Å². The van der Waals surface area contributed by atoms with E-state index in [1.165, 1.54) is 11.8 Å². The van der Waals surface area contributed by atoms with E-state index in [4.69, 9.17) is 5.11 Å². The van der Waals surface area contributed by atoms with Crippen LogP contribution in [0.25, 0.3) is 0 Å². The third-order valence-electron chi connectivity index (χ3n) is 2.55. The number of carbonyl (C=O) groups excluding carboxylic acids is 1. The van der Waals surface area contributed by atoms with Crippen molar-refractivity contribution in [2.45, 2.75) is 18.6 Å². The fourth-order valence-corrected chi connectivity index (χ4v) is 1.87. The van der Waals surface area contributed by atoms with Crippen LogP contribution < -0.4 is 0 Å². The van der Waals surface area contributed by atoms with Gasteiger partial charge in [-0.05, 0) is 19.6 Å². The summed E-state index contributed by atoms with van der Waals surface area (Å²) >= 11 is 1.49. The van der Waals surface area contributed by atoms with Crippen LogP contribution >= 0.6 is 11.8 Å². The van der Waals surface area contributed by atoms with Crippen LogP contribution in [0.15, 0.2) is 0 Å². The molecule has 0 aromatic carbocycles. The molecule has 1 rings (SSSR count). The number of aliphatic carboxylic acids is 1. The van der Waals surface area contributed by atoms with Gasteiger partial charge in [-0.25, -0.2) is 0 Å². The van der Waals surface area contributed by atoms with Crippen molar-refractivity contribution >= 4 is 23.6 Å². The van der Waals surface area contributed by atoms with Crippen LogP contribution in [-0.2, 0) is 9.59 Å². The van der Waals surface area contributed by atoms with Gasteiger partial charge in [-0.3, -0.25) is 9.59 Å². The summed E-state index contributed by atoms with van der Waals surface area (Å²) in [5, 5.41) is 8.70. The molecule has 1 aliphatic rings. The number of hydrogen-bond donors (Lipinski definition) is 1. The third kappa shape index (κ3) is 2.41. The van der Waals surface area contributed by atoms with Crippen molar-refractivity contribution in [3.05, 3.63) is 0 Å². The number of likely N-dealkylation sites (tertiary alicyclic amines) is 1. The molecule has 14 heavy (non-hydrogen) atoms. The maximum Gasteiger partial charge on any atom is 0.308 e. The minimum Gasteiger partial charge on any atom is -0.481 e. The highest BCUT2D eigenvalue weighted by Gasteiger charge is 2.32. The topological polar surface area (TPSA) is 57.6 Å². The number of carboxylic acid groups (broad SMARTS) is 1. The second-order valence-corrected chi connectivity index (χ2v) is 4.66. The number of hydrogen-bond acceptors (Lipinski definition) is 3. The number of carbonyl (C=O) groups is 2. The van der Waals surface area contributed by atoms with Gasteiger partial charge in [-0.2, -0.15) is 11.8 Å². The molecule has 2 unspecified atom stereocenters. The molecule has 0 saturated carbocycles. The average molecular weight is 217 g/mol. The van der Waals surface area contributed by atoms with E-state index >= 15 is 0 Å². The Hall–Kier alpha value is -0.710. The van der Waals surface area contributed by atoms with E-state index in [0.717, 1.165) is 0 Å². The standard InChI is InChI=1S/C9H15NO3S/c1-6(14-2)8(11)10-4-3-7(5-10)9(12)13/h6-7H,3-5H2,1-2H3,(H,12,13). The lowest BCUT2D eigenvalue weighted by Crippen LogP contribution is -2.35. The molecule has 1 fully saturated rings. The molecule has 0 aromatic heterocycles. The summed E-state index contributed by atoms with van der Waals surface area (Å²) < 4.78 is 0. The van der Waals surface area contributed by atoms with Crippen molar-refractivity contribution in [3.8, 4) is 0 Å². The first-order valence-corrected chi connectivity index (χ1v) is 5.89. The van der Waals surface area contributed by atoms with Gasteiger partial charge in [-0.1, -0.05) is 0 Å². The highest BCUT2D eigenvalue weighted by atomic mass is 32.2. The Balaban J connectivity index is 2.49. The van der Waals surface area contributed by atoms with Crippen molar-refractivity contribution in [3.63, 3.8) is 0 Å². The summed E-state index contributed by atoms with van der Waals surface area (Å²) in [6, 6.07) is 0. The lowest BCUT2D eigenvalue weighted by molar-refractivity contribution is -0.141. The summed E-state index contributed by atoms with van der Waals surface area (Å²) in [6.45, 7) is 2.81. The maximum atomic E-state index is 11.7. The molecule has 80 valence electrons. The lowest BCUT2D eigenvalue weighted by Gasteiger charge is -2.19. The van der Waals surface area contributed by atoms with Crippen molar-refractivity contribution in [1.29, 1.82) is 0 Å². The smallest absolute Gasteiger partial charge is 0.308 e. The normalized spacial score (nSPS) is 23.6. The van der Waals surface area contributed by atoms with Crippen LogP contribution in [0.1, 0.15) is 13.3 Å². The Morgan fingerprint density at radius 2 is 2.21 bits per heavy atom. The van der Waals surface area contributed by atoms with Gasteiger partial charge in [0.25, 0.3) is 0 Å². The van der Waals surface area contributed by atoms with Crippen molar-refractivity contribution < 1.29 is 14.7 Å². The van der Waals surface area contributed by atoms with Crippen molar-refractivity contribution in [2.24, 2.45) is 5.92 Å². The largest absolute Gasteiger partial charge is 0.481 e. The minimum absolute atomic E-state index is 0.0567. The first-order valence-electron chi connectivity index (χ1n) is 4.60. The second kappa shape index (κ2) is 4.68. The van der Waals surface area contributed by atoms with Crippen LogP contribution in [0.5, 0.6) is 0 Å². The zero-order chi connectivity index (χ0) is 10.7. The van der Waals surface area contributed by atoms with Gasteiger partial charge in [0.05, 0.1) is 11.2 Å². The Morgan fingerprint density at radius 1 is 1.57 bits per heavy atom. The molecule has 0 radical (unpaired) electrons. The molecule has 1 amide bonds. The van der Waals surface area contributed by atoms with E-state index in [0.29, 0.717) is 19.5 Å². The minimum atomic E-state index is -0.794. The number of thioether (sulfide) groups is 1. The van der Waals surface area contributed by atoms with E-state index in [1.54, 1.807) is 4.90 Å². The molecule has 0 aliphatic carbocycles. The van der Waals surface area contributed by atoms with Crippen molar-refractivity contribution in [1.82, 2.24) is 4.90 Å². The first-order chi connectivity index (χ1) is 6.56. The van der Waals surface area contributed by atoms with Crippen LogP contribution in [0.3, 0.4) is 0 Å². The number of carboxylic acids is 1. The molecule has 1 aliphatic heterocycles. The van der Waals surface area contributed by atoms with Crippen LogP contribution in [0, 0.1) is 5.92 Å². The molecule has 1 N–H and O–H groups in total. The maximum absolute atomic E-state index is 11.7. The van der Waals surface area contributed by atoms with Crippen molar-refractivity contribution in [2.75, 3.05) is 19.3 Å². The predicted molar refractivity (Wildman–Crippen MR) is 55.3 cm³/mol. The van der Waals surface area contributed by atoms with E-state index in [-0.39, 0.29) is 17.1 Å². The Kier molecular flexibility index (Phi) is 3.80. The van der Waals surface area contributed by atoms with Crippen LogP contribution in [0.4, 0.5) is 0 Å². The number of nitrogens with zero attached hydrogens (tertiary/aromatic N) is 1. The Bertz CT molecular complexity index is 244. The molecule has 0 bridgehead atoms. The van der Waals surface area contributed by atoms with E-state index in [1.807, 2.05) is 13.2 Å². The fraction of sp³-hybridized carbons (Fsp3) is 0.778. The van der Waals surface area contributed by atoms with E-state index < -0.39 is 5.97 Å². The van der Waals surface area contributed by atoms with Gasteiger partial charge < -0.3 is 10.0 Å². The van der Waals surface area contributed by atoms with Crippen LogP contribution in [-0.4, -0.2) is 46.5 Å².